The Hall–Kier alpha value is 0.0600. The van der Waals surface area contributed by atoms with E-state index in [4.69, 9.17) is 11.6 Å². The van der Waals surface area contributed by atoms with E-state index in [-0.39, 0.29) is 11.9 Å². The van der Waals surface area contributed by atoms with Crippen molar-refractivity contribution in [3.05, 3.63) is 53.8 Å². The van der Waals surface area contributed by atoms with Gasteiger partial charge in [0, 0.05) is 5.02 Å². The first-order valence-electron chi connectivity index (χ1n) is 6.16. The standard InChI is InChI=1S/C14H13Br2ClFNS/c1-2-5-19-13(10-7-12(15)20-14(10)16)9-4-3-8(18)6-11(9)17/h3-4,6-7,13,19H,2,5H2,1H3. The van der Waals surface area contributed by atoms with Gasteiger partial charge in [0.05, 0.1) is 13.6 Å². The van der Waals surface area contributed by atoms with Crippen molar-refractivity contribution in [3.8, 4) is 0 Å². The van der Waals surface area contributed by atoms with Crippen molar-refractivity contribution in [2.24, 2.45) is 0 Å². The van der Waals surface area contributed by atoms with Crippen LogP contribution in [0.3, 0.4) is 0 Å². The quantitative estimate of drug-likeness (QED) is 0.586. The second kappa shape index (κ2) is 7.36. The summed E-state index contributed by atoms with van der Waals surface area (Å²) in [5.74, 6) is -0.321. The summed E-state index contributed by atoms with van der Waals surface area (Å²) in [4.78, 5) is 0. The van der Waals surface area contributed by atoms with Crippen LogP contribution < -0.4 is 5.32 Å². The zero-order chi connectivity index (χ0) is 14.7. The maximum absolute atomic E-state index is 13.2. The second-order valence-corrected chi connectivity index (χ2v) is 8.49. The minimum absolute atomic E-state index is 0.0556. The van der Waals surface area contributed by atoms with Gasteiger partial charge >= 0.3 is 0 Å². The van der Waals surface area contributed by atoms with E-state index in [0.717, 1.165) is 31.7 Å². The molecule has 6 heteroatoms. The summed E-state index contributed by atoms with van der Waals surface area (Å²) in [5, 5.41) is 3.90. The summed E-state index contributed by atoms with van der Waals surface area (Å²) in [7, 11) is 0. The molecule has 0 aliphatic heterocycles. The fourth-order valence-electron chi connectivity index (χ4n) is 1.96. The molecular formula is C14H13Br2ClFNS. The van der Waals surface area contributed by atoms with Crippen molar-refractivity contribution in [2.45, 2.75) is 19.4 Å². The van der Waals surface area contributed by atoms with Crippen molar-refractivity contribution in [2.75, 3.05) is 6.54 Å². The van der Waals surface area contributed by atoms with E-state index in [1.165, 1.54) is 12.1 Å². The molecule has 0 saturated carbocycles. The van der Waals surface area contributed by atoms with Crippen LogP contribution in [0.5, 0.6) is 0 Å². The molecule has 0 aliphatic rings. The fraction of sp³-hybridized carbons (Fsp3) is 0.286. The highest BCUT2D eigenvalue weighted by molar-refractivity contribution is 9.12. The van der Waals surface area contributed by atoms with Crippen LogP contribution in [0.15, 0.2) is 31.8 Å². The van der Waals surface area contributed by atoms with Gasteiger partial charge in [0.15, 0.2) is 0 Å². The Kier molecular flexibility index (Phi) is 6.05. The molecule has 0 radical (unpaired) electrons. The highest BCUT2D eigenvalue weighted by Gasteiger charge is 2.21. The van der Waals surface area contributed by atoms with Gasteiger partial charge in [-0.05, 0) is 74.2 Å². The zero-order valence-electron chi connectivity index (χ0n) is 10.7. The number of nitrogens with one attached hydrogen (secondary N) is 1. The summed E-state index contributed by atoms with van der Waals surface area (Å²) in [6.07, 6.45) is 1.01. The van der Waals surface area contributed by atoms with Crippen LogP contribution in [0.4, 0.5) is 4.39 Å². The number of hydrogen-bond acceptors (Lipinski definition) is 2. The van der Waals surface area contributed by atoms with E-state index in [0.29, 0.717) is 5.02 Å². The third-order valence-corrected chi connectivity index (χ3v) is 5.58. The summed E-state index contributed by atoms with van der Waals surface area (Å²) in [6.45, 7) is 2.97. The minimum Gasteiger partial charge on any atom is -0.306 e. The molecule has 1 unspecified atom stereocenters. The SMILES string of the molecule is CCCNC(c1ccc(F)cc1Cl)c1cc(Br)sc1Br. The molecule has 1 N–H and O–H groups in total. The first kappa shape index (κ1) is 16.4. The molecule has 20 heavy (non-hydrogen) atoms. The number of benzene rings is 1. The van der Waals surface area contributed by atoms with Crippen molar-refractivity contribution < 1.29 is 4.39 Å². The molecule has 0 bridgehead atoms. The van der Waals surface area contributed by atoms with Gasteiger partial charge in [0.2, 0.25) is 0 Å². The number of rotatable bonds is 5. The van der Waals surface area contributed by atoms with Crippen molar-refractivity contribution >= 4 is 54.8 Å². The van der Waals surface area contributed by atoms with Crippen LogP contribution in [0.25, 0.3) is 0 Å². The lowest BCUT2D eigenvalue weighted by molar-refractivity contribution is 0.593. The van der Waals surface area contributed by atoms with E-state index >= 15 is 0 Å². The van der Waals surface area contributed by atoms with Gasteiger partial charge in [0.25, 0.3) is 0 Å². The Bertz CT molecular complexity index is 603. The summed E-state index contributed by atoms with van der Waals surface area (Å²) < 4.78 is 15.3. The molecule has 1 atom stereocenters. The number of thiophene rings is 1. The van der Waals surface area contributed by atoms with E-state index in [1.807, 2.05) is 0 Å². The zero-order valence-corrected chi connectivity index (χ0v) is 15.5. The van der Waals surface area contributed by atoms with Gasteiger partial charge in [0.1, 0.15) is 5.82 Å². The normalized spacial score (nSPS) is 12.7. The molecule has 0 amide bonds. The smallest absolute Gasteiger partial charge is 0.124 e. The van der Waals surface area contributed by atoms with Crippen LogP contribution in [-0.2, 0) is 0 Å². The molecule has 2 aromatic rings. The van der Waals surface area contributed by atoms with Crippen LogP contribution in [0.1, 0.15) is 30.5 Å². The molecule has 108 valence electrons. The third kappa shape index (κ3) is 3.83. The van der Waals surface area contributed by atoms with Gasteiger partial charge in [-0.25, -0.2) is 4.39 Å². The number of hydrogen-bond donors (Lipinski definition) is 1. The molecule has 2 rings (SSSR count). The summed E-state index contributed by atoms with van der Waals surface area (Å²) >= 11 is 14.9. The molecule has 1 heterocycles. The lowest BCUT2D eigenvalue weighted by atomic mass is 10.0. The maximum Gasteiger partial charge on any atom is 0.124 e. The van der Waals surface area contributed by atoms with E-state index in [1.54, 1.807) is 17.4 Å². The average Bonchev–Trinajstić information content (AvgIpc) is 2.71. The largest absolute Gasteiger partial charge is 0.306 e. The molecule has 0 fully saturated rings. The van der Waals surface area contributed by atoms with E-state index in [2.05, 4.69) is 50.2 Å². The molecular weight excluding hydrogens is 428 g/mol. The Balaban J connectivity index is 2.44. The van der Waals surface area contributed by atoms with Gasteiger partial charge in [-0.15, -0.1) is 11.3 Å². The predicted molar refractivity (Wildman–Crippen MR) is 91.3 cm³/mol. The number of halogens is 4. The van der Waals surface area contributed by atoms with Crippen LogP contribution in [0.2, 0.25) is 5.02 Å². The lowest BCUT2D eigenvalue weighted by Gasteiger charge is -2.20. The Labute approximate surface area is 143 Å². The molecule has 0 aliphatic carbocycles. The Morgan fingerprint density at radius 1 is 1.30 bits per heavy atom. The van der Waals surface area contributed by atoms with Crippen LogP contribution >= 0.6 is 54.8 Å². The van der Waals surface area contributed by atoms with Gasteiger partial charge in [-0.2, -0.15) is 0 Å². The predicted octanol–water partition coefficient (Wildman–Crippen LogP) is 6.15. The lowest BCUT2D eigenvalue weighted by Crippen LogP contribution is -2.23. The molecule has 0 spiro atoms. The molecule has 1 aromatic heterocycles. The first-order valence-corrected chi connectivity index (χ1v) is 8.94. The first-order chi connectivity index (χ1) is 9.52. The molecule has 0 saturated heterocycles. The van der Waals surface area contributed by atoms with E-state index in [9.17, 15) is 4.39 Å². The monoisotopic (exact) mass is 439 g/mol. The highest BCUT2D eigenvalue weighted by Crippen LogP contribution is 2.39. The highest BCUT2D eigenvalue weighted by atomic mass is 79.9. The fourth-order valence-corrected chi connectivity index (χ4v) is 5.14. The van der Waals surface area contributed by atoms with Crippen molar-refractivity contribution in [1.82, 2.24) is 5.32 Å². The Morgan fingerprint density at radius 2 is 2.05 bits per heavy atom. The third-order valence-electron chi connectivity index (χ3n) is 2.87. The maximum atomic E-state index is 13.2. The van der Waals surface area contributed by atoms with Crippen molar-refractivity contribution in [3.63, 3.8) is 0 Å². The van der Waals surface area contributed by atoms with E-state index < -0.39 is 0 Å². The topological polar surface area (TPSA) is 12.0 Å². The van der Waals surface area contributed by atoms with Gasteiger partial charge < -0.3 is 5.32 Å². The summed E-state index contributed by atoms with van der Waals surface area (Å²) in [6, 6.07) is 6.54. The van der Waals surface area contributed by atoms with Gasteiger partial charge in [-0.3, -0.25) is 0 Å². The van der Waals surface area contributed by atoms with Gasteiger partial charge in [-0.1, -0.05) is 24.6 Å². The Morgan fingerprint density at radius 3 is 2.60 bits per heavy atom. The average molecular weight is 442 g/mol. The summed E-state index contributed by atoms with van der Waals surface area (Å²) in [5.41, 5.74) is 1.98. The van der Waals surface area contributed by atoms with Crippen LogP contribution in [-0.4, -0.2) is 6.54 Å². The second-order valence-electron chi connectivity index (χ2n) is 4.33. The van der Waals surface area contributed by atoms with Crippen molar-refractivity contribution in [1.29, 1.82) is 0 Å². The molecule has 1 aromatic carbocycles. The van der Waals surface area contributed by atoms with Crippen LogP contribution in [0, 0.1) is 5.82 Å². The minimum atomic E-state index is -0.321. The molecule has 1 nitrogen and oxygen atoms in total.